The van der Waals surface area contributed by atoms with Crippen molar-refractivity contribution in [3.63, 3.8) is 0 Å². The van der Waals surface area contributed by atoms with Gasteiger partial charge in [-0.3, -0.25) is 9.89 Å². The molecule has 24 heavy (non-hydrogen) atoms. The zero-order chi connectivity index (χ0) is 17.2. The third kappa shape index (κ3) is 3.28. The van der Waals surface area contributed by atoms with Crippen LogP contribution < -0.4 is 5.32 Å². The van der Waals surface area contributed by atoms with Crippen LogP contribution in [0.15, 0.2) is 30.3 Å². The molecule has 0 atom stereocenters. The lowest BCUT2D eigenvalue weighted by Crippen LogP contribution is -2.56. The molecule has 1 aromatic carbocycles. The molecule has 8 heteroatoms. The first-order valence-corrected chi connectivity index (χ1v) is 8.61. The molecule has 3 N–H and O–H groups in total. The summed E-state index contributed by atoms with van der Waals surface area (Å²) >= 11 is 1.67. The van der Waals surface area contributed by atoms with Crippen molar-refractivity contribution in [2.24, 2.45) is 0 Å². The molecule has 0 spiro atoms. The molecule has 1 fully saturated rings. The van der Waals surface area contributed by atoms with Gasteiger partial charge in [-0.1, -0.05) is 0 Å². The molecule has 1 aliphatic heterocycles. The maximum Gasteiger partial charge on any atom is 0.329 e. The number of hydrogen-bond acceptors (Lipinski definition) is 4. The minimum Gasteiger partial charge on any atom is -0.480 e. The Morgan fingerprint density at radius 1 is 1.25 bits per heavy atom. The normalized spacial score (nSPS) is 16.5. The molecule has 1 saturated heterocycles. The van der Waals surface area contributed by atoms with Crippen LogP contribution in [0.5, 0.6) is 0 Å². The number of carboxylic acids is 1. The number of thioether (sulfide) groups is 1. The Morgan fingerprint density at radius 2 is 1.92 bits per heavy atom. The van der Waals surface area contributed by atoms with Gasteiger partial charge in [0.1, 0.15) is 17.1 Å². The number of benzene rings is 1. The van der Waals surface area contributed by atoms with Crippen LogP contribution in [-0.4, -0.2) is 44.2 Å². The zero-order valence-corrected chi connectivity index (χ0v) is 13.5. The number of aliphatic carboxylic acids is 1. The van der Waals surface area contributed by atoms with E-state index in [4.69, 9.17) is 0 Å². The number of carbonyl (C=O) groups excluding carboxylic acids is 1. The summed E-state index contributed by atoms with van der Waals surface area (Å²) < 4.78 is 13.0. The number of halogens is 1. The Labute approximate surface area is 141 Å². The maximum atomic E-state index is 13.0. The summed E-state index contributed by atoms with van der Waals surface area (Å²) in [5.74, 6) is -0.502. The van der Waals surface area contributed by atoms with E-state index in [-0.39, 0.29) is 11.5 Å². The van der Waals surface area contributed by atoms with Gasteiger partial charge in [-0.2, -0.15) is 16.9 Å². The van der Waals surface area contributed by atoms with E-state index >= 15 is 0 Å². The molecule has 6 nitrogen and oxygen atoms in total. The molecule has 1 aromatic heterocycles. The fourth-order valence-electron chi connectivity index (χ4n) is 2.60. The van der Waals surface area contributed by atoms with E-state index in [0.717, 1.165) is 0 Å². The number of H-pyrrole nitrogens is 1. The van der Waals surface area contributed by atoms with Crippen molar-refractivity contribution in [2.45, 2.75) is 18.4 Å². The number of rotatable bonds is 4. The number of carbonyl (C=O) groups is 2. The van der Waals surface area contributed by atoms with Gasteiger partial charge in [-0.15, -0.1) is 0 Å². The largest absolute Gasteiger partial charge is 0.480 e. The lowest BCUT2D eigenvalue weighted by Gasteiger charge is -2.33. The fraction of sp³-hybridized carbons (Fsp3) is 0.312. The van der Waals surface area contributed by atoms with E-state index < -0.39 is 17.4 Å². The highest BCUT2D eigenvalue weighted by Gasteiger charge is 2.41. The topological polar surface area (TPSA) is 95.1 Å². The van der Waals surface area contributed by atoms with Gasteiger partial charge in [-0.25, -0.2) is 9.18 Å². The van der Waals surface area contributed by atoms with Gasteiger partial charge < -0.3 is 10.4 Å². The van der Waals surface area contributed by atoms with E-state index in [1.165, 1.54) is 18.2 Å². The smallest absolute Gasteiger partial charge is 0.329 e. The number of amides is 1. The summed E-state index contributed by atoms with van der Waals surface area (Å²) in [6, 6.07) is 7.26. The van der Waals surface area contributed by atoms with Gasteiger partial charge in [0, 0.05) is 5.56 Å². The van der Waals surface area contributed by atoms with E-state index in [1.54, 1.807) is 23.9 Å². The summed E-state index contributed by atoms with van der Waals surface area (Å²) in [6.45, 7) is 0. The molecule has 0 unspecified atom stereocenters. The van der Waals surface area contributed by atoms with Crippen LogP contribution in [0.2, 0.25) is 0 Å². The van der Waals surface area contributed by atoms with Crippen molar-refractivity contribution in [3.05, 3.63) is 41.8 Å². The van der Waals surface area contributed by atoms with Crippen LogP contribution >= 0.6 is 11.8 Å². The fourth-order valence-corrected chi connectivity index (χ4v) is 3.79. The Bertz CT molecular complexity index is 754. The Kier molecular flexibility index (Phi) is 4.57. The molecule has 3 rings (SSSR count). The zero-order valence-electron chi connectivity index (χ0n) is 12.7. The molecule has 0 radical (unpaired) electrons. The van der Waals surface area contributed by atoms with Gasteiger partial charge in [0.05, 0.1) is 5.69 Å². The molecule has 2 aromatic rings. The standard InChI is InChI=1S/C16H16FN3O3S/c17-11-3-1-10(2-4-11)12-9-13(20-19-12)14(21)18-16(15(22)23)5-7-24-8-6-16/h1-4,9H,5-8H2,(H,18,21)(H,19,20)(H,22,23). The summed E-state index contributed by atoms with van der Waals surface area (Å²) in [5.41, 5.74) is 0.0920. The average molecular weight is 349 g/mol. The molecule has 126 valence electrons. The number of aromatic amines is 1. The van der Waals surface area contributed by atoms with E-state index in [0.29, 0.717) is 35.6 Å². The SMILES string of the molecule is O=C(NC1(C(=O)O)CCSCC1)c1cc(-c2ccc(F)cc2)n[nH]1. The monoisotopic (exact) mass is 349 g/mol. The van der Waals surface area contributed by atoms with Crippen molar-refractivity contribution in [1.82, 2.24) is 15.5 Å². The van der Waals surface area contributed by atoms with Crippen molar-refractivity contribution in [2.75, 3.05) is 11.5 Å². The third-order valence-corrected chi connectivity index (χ3v) is 5.06. The Morgan fingerprint density at radius 3 is 2.54 bits per heavy atom. The molecule has 1 aliphatic rings. The number of aromatic nitrogens is 2. The predicted molar refractivity (Wildman–Crippen MR) is 88.4 cm³/mol. The molecule has 0 saturated carbocycles. The van der Waals surface area contributed by atoms with Gasteiger partial charge in [0.15, 0.2) is 0 Å². The number of carboxylic acid groups (broad SMARTS) is 1. The highest BCUT2D eigenvalue weighted by molar-refractivity contribution is 7.99. The average Bonchev–Trinajstić information content (AvgIpc) is 3.06. The van der Waals surface area contributed by atoms with Gasteiger partial charge in [0.25, 0.3) is 5.91 Å². The van der Waals surface area contributed by atoms with Crippen LogP contribution in [0.25, 0.3) is 11.3 Å². The van der Waals surface area contributed by atoms with Crippen LogP contribution in [-0.2, 0) is 4.79 Å². The highest BCUT2D eigenvalue weighted by atomic mass is 32.2. The molecule has 0 bridgehead atoms. The first-order chi connectivity index (χ1) is 11.5. The highest BCUT2D eigenvalue weighted by Crippen LogP contribution is 2.28. The van der Waals surface area contributed by atoms with Crippen molar-refractivity contribution in [1.29, 1.82) is 0 Å². The minimum atomic E-state index is -1.23. The van der Waals surface area contributed by atoms with Crippen LogP contribution in [0.3, 0.4) is 0 Å². The van der Waals surface area contributed by atoms with Crippen LogP contribution in [0.4, 0.5) is 4.39 Å². The predicted octanol–water partition coefficient (Wildman–Crippen LogP) is 2.30. The number of nitrogens with zero attached hydrogens (tertiary/aromatic N) is 1. The van der Waals surface area contributed by atoms with Gasteiger partial charge in [-0.05, 0) is 54.7 Å². The lowest BCUT2D eigenvalue weighted by molar-refractivity contribution is -0.144. The molecule has 2 heterocycles. The maximum absolute atomic E-state index is 13.0. The van der Waals surface area contributed by atoms with Gasteiger partial charge in [0.2, 0.25) is 0 Å². The third-order valence-electron chi connectivity index (χ3n) is 4.07. The summed E-state index contributed by atoms with van der Waals surface area (Å²) in [7, 11) is 0. The van der Waals surface area contributed by atoms with Crippen molar-refractivity contribution >= 4 is 23.6 Å². The van der Waals surface area contributed by atoms with Gasteiger partial charge >= 0.3 is 5.97 Å². The first kappa shape index (κ1) is 16.5. The Balaban J connectivity index is 1.78. The number of hydrogen-bond donors (Lipinski definition) is 3. The summed E-state index contributed by atoms with van der Waals surface area (Å²) in [4.78, 5) is 24.0. The summed E-state index contributed by atoms with van der Waals surface area (Å²) in [6.07, 6.45) is 0.773. The second-order valence-corrected chi connectivity index (χ2v) is 6.85. The molecular weight excluding hydrogens is 333 g/mol. The van der Waals surface area contributed by atoms with E-state index in [9.17, 15) is 19.1 Å². The van der Waals surface area contributed by atoms with Crippen LogP contribution in [0.1, 0.15) is 23.3 Å². The molecule has 0 aliphatic carbocycles. The summed E-state index contributed by atoms with van der Waals surface area (Å²) in [5, 5.41) is 18.8. The van der Waals surface area contributed by atoms with Crippen LogP contribution in [0, 0.1) is 5.82 Å². The van der Waals surface area contributed by atoms with Crippen molar-refractivity contribution in [3.8, 4) is 11.3 Å². The minimum absolute atomic E-state index is 0.174. The van der Waals surface area contributed by atoms with E-state index in [2.05, 4.69) is 15.5 Å². The molecular formula is C16H16FN3O3S. The Hall–Kier alpha value is -2.35. The quantitative estimate of drug-likeness (QED) is 0.787. The lowest BCUT2D eigenvalue weighted by atomic mass is 9.92. The second-order valence-electron chi connectivity index (χ2n) is 5.63. The number of nitrogens with one attached hydrogen (secondary N) is 2. The molecule has 1 amide bonds. The first-order valence-electron chi connectivity index (χ1n) is 7.45. The second kappa shape index (κ2) is 6.64. The van der Waals surface area contributed by atoms with E-state index in [1.807, 2.05) is 0 Å². The van der Waals surface area contributed by atoms with Crippen molar-refractivity contribution < 1.29 is 19.1 Å².